The minimum Gasteiger partial charge on any atom is -0.416 e. The molecule has 3 heterocycles. The first kappa shape index (κ1) is 22.3. The van der Waals surface area contributed by atoms with E-state index in [-0.39, 0.29) is 0 Å². The topological polar surface area (TPSA) is 124 Å². The van der Waals surface area contributed by atoms with Crippen molar-refractivity contribution in [1.29, 1.82) is 0 Å². The smallest absolute Gasteiger partial charge is 0.248 e. The average molecular weight is 509 g/mol. The quantitative estimate of drug-likeness (QED) is 0.307. The molecule has 0 aliphatic heterocycles. The van der Waals surface area contributed by atoms with Crippen molar-refractivity contribution in [2.75, 3.05) is 0 Å². The van der Waals surface area contributed by atoms with Crippen LogP contribution in [-0.2, 0) is 0 Å². The molecule has 3 aromatic heterocycles. The molecule has 10 heteroatoms. The number of H-pyrrole nitrogens is 1. The van der Waals surface area contributed by atoms with Gasteiger partial charge in [-0.15, -0.1) is 25.5 Å². The van der Waals surface area contributed by atoms with Crippen molar-refractivity contribution in [1.82, 2.24) is 45.6 Å². The fourth-order valence-electron chi connectivity index (χ4n) is 4.28. The zero-order chi connectivity index (χ0) is 26.0. The summed E-state index contributed by atoms with van der Waals surface area (Å²) in [6.45, 7) is 0. The van der Waals surface area contributed by atoms with E-state index in [4.69, 9.17) is 4.42 Å². The van der Waals surface area contributed by atoms with Gasteiger partial charge in [0.05, 0.1) is 11.8 Å². The van der Waals surface area contributed by atoms with E-state index in [0.717, 1.165) is 33.5 Å². The van der Waals surface area contributed by atoms with E-state index in [0.29, 0.717) is 29.3 Å². The normalized spacial score (nSPS) is 12.4. The van der Waals surface area contributed by atoms with Crippen LogP contribution in [0.3, 0.4) is 0 Å². The Morgan fingerprint density at radius 1 is 0.667 bits per heavy atom. The molecule has 0 atom stereocenters. The first-order chi connectivity index (χ1) is 19.3. The van der Waals surface area contributed by atoms with E-state index in [1.54, 1.807) is 0 Å². The van der Waals surface area contributed by atoms with Crippen LogP contribution >= 0.6 is 0 Å². The van der Waals surface area contributed by atoms with Crippen LogP contribution in [0.25, 0.3) is 56.9 Å². The number of nitrogens with one attached hydrogen (secondary N) is 1. The summed E-state index contributed by atoms with van der Waals surface area (Å²) in [6.07, 6.45) is 10.8. The van der Waals surface area contributed by atoms with Crippen LogP contribution in [0.5, 0.6) is 0 Å². The lowest BCUT2D eigenvalue weighted by atomic mass is 10.1. The molecule has 0 saturated carbocycles. The third-order valence-corrected chi connectivity index (χ3v) is 6.21. The lowest BCUT2D eigenvalue weighted by molar-refractivity contribution is 0.584. The van der Waals surface area contributed by atoms with Crippen molar-refractivity contribution < 1.29 is 4.42 Å². The van der Waals surface area contributed by atoms with E-state index >= 15 is 0 Å². The summed E-state index contributed by atoms with van der Waals surface area (Å²) in [5, 5.41) is 31.6. The maximum Gasteiger partial charge on any atom is 0.248 e. The van der Waals surface area contributed by atoms with Gasteiger partial charge >= 0.3 is 0 Å². The Morgan fingerprint density at radius 2 is 1.36 bits per heavy atom. The van der Waals surface area contributed by atoms with E-state index in [1.165, 1.54) is 0 Å². The molecule has 1 aliphatic carbocycles. The molecule has 39 heavy (non-hydrogen) atoms. The van der Waals surface area contributed by atoms with Gasteiger partial charge in [-0.25, -0.2) is 5.10 Å². The van der Waals surface area contributed by atoms with Crippen molar-refractivity contribution in [2.45, 2.75) is 0 Å². The maximum absolute atomic E-state index is 5.92. The summed E-state index contributed by atoms with van der Waals surface area (Å²) in [4.78, 5) is 0. The number of tetrazole rings is 1. The summed E-state index contributed by atoms with van der Waals surface area (Å²) >= 11 is 0. The highest BCUT2D eigenvalue weighted by atomic mass is 16.4. The van der Waals surface area contributed by atoms with Crippen molar-refractivity contribution in [3.63, 3.8) is 0 Å². The van der Waals surface area contributed by atoms with E-state index in [2.05, 4.69) is 47.1 Å². The van der Waals surface area contributed by atoms with Gasteiger partial charge in [-0.1, -0.05) is 30.3 Å². The minimum absolute atomic E-state index is 0.444. The molecular weight excluding hydrogens is 490 g/mol. The zero-order valence-corrected chi connectivity index (χ0v) is 20.3. The van der Waals surface area contributed by atoms with Gasteiger partial charge in [-0.05, 0) is 59.0 Å². The molecule has 3 aromatic carbocycles. The Kier molecular flexibility index (Phi) is 5.47. The zero-order valence-electron chi connectivity index (χ0n) is 20.3. The molecule has 0 bridgehead atoms. The van der Waals surface area contributed by atoms with Gasteiger partial charge in [0.2, 0.25) is 17.6 Å². The van der Waals surface area contributed by atoms with Crippen LogP contribution in [0.1, 0.15) is 5.82 Å². The van der Waals surface area contributed by atoms with E-state index < -0.39 is 0 Å². The van der Waals surface area contributed by atoms with Gasteiger partial charge in [0, 0.05) is 34.4 Å². The van der Waals surface area contributed by atoms with Crippen molar-refractivity contribution in [3.8, 4) is 51.4 Å². The Balaban J connectivity index is 1.26. The van der Waals surface area contributed by atoms with Crippen LogP contribution in [0.15, 0.2) is 108 Å². The molecule has 7 rings (SSSR count). The Labute approximate surface area is 222 Å². The fourth-order valence-corrected chi connectivity index (χ4v) is 4.28. The van der Waals surface area contributed by atoms with Crippen molar-refractivity contribution in [3.05, 3.63) is 115 Å². The number of rotatable bonds is 6. The van der Waals surface area contributed by atoms with Crippen LogP contribution in [0.4, 0.5) is 0 Å². The van der Waals surface area contributed by atoms with Crippen molar-refractivity contribution >= 4 is 5.57 Å². The number of hydrogen-bond donors (Lipinski definition) is 1. The van der Waals surface area contributed by atoms with Gasteiger partial charge in [-0.2, -0.15) is 0 Å². The first-order valence-electron chi connectivity index (χ1n) is 12.1. The predicted molar refractivity (Wildman–Crippen MR) is 144 cm³/mol. The molecule has 1 N–H and O–H groups in total. The van der Waals surface area contributed by atoms with Gasteiger partial charge < -0.3 is 4.42 Å². The Hall–Kier alpha value is -5.86. The Morgan fingerprint density at radius 3 is 2.05 bits per heavy atom. The van der Waals surface area contributed by atoms with Gasteiger partial charge in [-0.3, -0.25) is 4.57 Å². The summed E-state index contributed by atoms with van der Waals surface area (Å²) in [5.74, 6) is 2.90. The number of aromatic amines is 1. The van der Waals surface area contributed by atoms with Crippen LogP contribution in [-0.4, -0.2) is 45.6 Å². The first-order valence-corrected chi connectivity index (χ1v) is 12.1. The van der Waals surface area contributed by atoms with Crippen molar-refractivity contribution in [2.24, 2.45) is 0 Å². The largest absolute Gasteiger partial charge is 0.416 e. The second-order valence-corrected chi connectivity index (χ2v) is 8.63. The molecule has 0 amide bonds. The minimum atomic E-state index is 0.444. The van der Waals surface area contributed by atoms with Gasteiger partial charge in [0.15, 0.2) is 11.6 Å². The molecule has 0 radical (unpaired) electrons. The van der Waals surface area contributed by atoms with E-state index in [1.807, 2.05) is 108 Å². The summed E-state index contributed by atoms with van der Waals surface area (Å²) in [5.41, 5.74) is 5.21. The number of benzene rings is 3. The van der Waals surface area contributed by atoms with Crippen LogP contribution in [0, 0.1) is 6.08 Å². The van der Waals surface area contributed by atoms with E-state index in [9.17, 15) is 0 Å². The fraction of sp³-hybridized carbons (Fsp3) is 0. The second kappa shape index (κ2) is 9.55. The number of aromatic nitrogens is 9. The molecule has 184 valence electrons. The average Bonchev–Trinajstić information content (AvgIpc) is 3.80. The SMILES string of the molecule is [C+]1=CC(c2nnc(-c3ccc(-c4nnc(-c5ccccc5)o4)cc3)n2-c2ccc(-c3nnn[nH]3)cc2)=CC=C1. The van der Waals surface area contributed by atoms with Gasteiger partial charge in [0.25, 0.3) is 0 Å². The highest BCUT2D eigenvalue weighted by Crippen LogP contribution is 2.30. The highest BCUT2D eigenvalue weighted by Gasteiger charge is 2.22. The number of hydrogen-bond acceptors (Lipinski definition) is 8. The lowest BCUT2D eigenvalue weighted by Crippen LogP contribution is -2.03. The molecule has 0 spiro atoms. The predicted octanol–water partition coefficient (Wildman–Crippen LogP) is 5.14. The standard InChI is InChI=1S/C29H18N9O/c1-3-7-20(8-4-1)26-32-33-27(38(26)24-17-15-19(16-18-24)25-30-36-37-31-25)21-11-13-23(14-12-21)29-35-34-28(39-29)22-9-5-2-6-10-22/h1-3,5-18H,(H,30,31,36,37)/q+1. The maximum atomic E-state index is 5.92. The second-order valence-electron chi connectivity index (χ2n) is 8.63. The molecular formula is C29H18N9O+. The molecule has 1 aliphatic rings. The summed E-state index contributed by atoms with van der Waals surface area (Å²) < 4.78 is 7.94. The molecule has 0 saturated heterocycles. The highest BCUT2D eigenvalue weighted by molar-refractivity contribution is 5.76. The van der Waals surface area contributed by atoms with Crippen LogP contribution in [0.2, 0.25) is 0 Å². The molecule has 0 unspecified atom stereocenters. The Bertz CT molecular complexity index is 1830. The third kappa shape index (κ3) is 4.22. The summed E-state index contributed by atoms with van der Waals surface area (Å²) in [6, 6.07) is 25.4. The summed E-state index contributed by atoms with van der Waals surface area (Å²) in [7, 11) is 0. The third-order valence-electron chi connectivity index (χ3n) is 6.21. The monoisotopic (exact) mass is 508 g/mol. The molecule has 10 nitrogen and oxygen atoms in total. The van der Waals surface area contributed by atoms with Gasteiger partial charge in [0.1, 0.15) is 17.7 Å². The number of nitrogens with zero attached hydrogens (tertiary/aromatic N) is 8. The number of allylic oxidation sites excluding steroid dienone is 6. The van der Waals surface area contributed by atoms with Crippen LogP contribution < -0.4 is 0 Å². The molecule has 0 fully saturated rings. The lowest BCUT2D eigenvalue weighted by Gasteiger charge is -2.10. The molecule has 6 aromatic rings.